The maximum atomic E-state index is 12.0. The van der Waals surface area contributed by atoms with Crippen LogP contribution in [0.3, 0.4) is 0 Å². The average molecular weight is 274 g/mol. The van der Waals surface area contributed by atoms with Crippen molar-refractivity contribution in [3.8, 4) is 0 Å². The second-order valence-electron chi connectivity index (χ2n) is 3.83. The summed E-state index contributed by atoms with van der Waals surface area (Å²) < 4.78 is 31.6. The first kappa shape index (κ1) is 14.8. The van der Waals surface area contributed by atoms with Crippen LogP contribution in [-0.2, 0) is 14.8 Å². The van der Waals surface area contributed by atoms with E-state index in [4.69, 9.17) is 10.6 Å². The highest BCUT2D eigenvalue weighted by Gasteiger charge is 2.17. The lowest BCUT2D eigenvalue weighted by Crippen LogP contribution is -2.29. The Bertz CT molecular complexity index is 476. The van der Waals surface area contributed by atoms with E-state index < -0.39 is 10.0 Å². The largest absolute Gasteiger partial charge is 0.377 e. The number of nitrogens with two attached hydrogens (primary N) is 1. The number of anilines is 1. The van der Waals surface area contributed by atoms with Crippen molar-refractivity contribution in [2.75, 3.05) is 18.6 Å². The topological polar surface area (TPSA) is 106 Å². The number of pyridine rings is 1. The fraction of sp³-hybridized carbons (Fsp3) is 0.500. The molecule has 1 heterocycles. The van der Waals surface area contributed by atoms with Crippen LogP contribution in [0.1, 0.15) is 13.8 Å². The van der Waals surface area contributed by atoms with Gasteiger partial charge in [-0.15, -0.1) is 0 Å². The van der Waals surface area contributed by atoms with Crippen molar-refractivity contribution in [2.45, 2.75) is 24.8 Å². The third-order valence-corrected chi connectivity index (χ3v) is 3.56. The number of ether oxygens (including phenoxy) is 1. The van der Waals surface area contributed by atoms with Gasteiger partial charge in [0, 0.05) is 18.9 Å². The number of hydrogen-bond acceptors (Lipinski definition) is 6. The van der Waals surface area contributed by atoms with E-state index in [9.17, 15) is 8.42 Å². The van der Waals surface area contributed by atoms with Gasteiger partial charge in [0.25, 0.3) is 0 Å². The third kappa shape index (κ3) is 4.22. The van der Waals surface area contributed by atoms with Crippen molar-refractivity contribution >= 4 is 15.7 Å². The first-order chi connectivity index (χ1) is 8.47. The van der Waals surface area contributed by atoms with Crippen LogP contribution >= 0.6 is 0 Å². The molecule has 0 bridgehead atoms. The van der Waals surface area contributed by atoms with Gasteiger partial charge in [-0.25, -0.2) is 13.1 Å². The van der Waals surface area contributed by atoms with Gasteiger partial charge in [-0.05, 0) is 19.9 Å². The van der Waals surface area contributed by atoms with Crippen molar-refractivity contribution in [3.05, 3.63) is 18.5 Å². The zero-order valence-electron chi connectivity index (χ0n) is 10.4. The molecule has 0 aliphatic heterocycles. The smallest absolute Gasteiger partial charge is 0.244 e. The summed E-state index contributed by atoms with van der Waals surface area (Å²) in [6, 6.07) is 1.49. The predicted molar refractivity (Wildman–Crippen MR) is 68.3 cm³/mol. The molecule has 102 valence electrons. The Morgan fingerprint density at radius 1 is 1.50 bits per heavy atom. The van der Waals surface area contributed by atoms with Gasteiger partial charge >= 0.3 is 0 Å². The van der Waals surface area contributed by atoms with Gasteiger partial charge < -0.3 is 10.2 Å². The third-order valence-electron chi connectivity index (χ3n) is 2.07. The van der Waals surface area contributed by atoms with E-state index in [1.165, 1.54) is 18.5 Å². The fourth-order valence-electron chi connectivity index (χ4n) is 1.26. The molecule has 7 nitrogen and oxygen atoms in total. The van der Waals surface area contributed by atoms with E-state index in [-0.39, 0.29) is 17.5 Å². The number of hydrogen-bond donors (Lipinski definition) is 3. The summed E-state index contributed by atoms with van der Waals surface area (Å²) in [5.41, 5.74) is 2.61. The lowest BCUT2D eigenvalue weighted by atomic mass is 10.4. The molecule has 0 saturated heterocycles. The summed E-state index contributed by atoms with van der Waals surface area (Å²) in [4.78, 5) is 3.78. The number of aromatic nitrogens is 1. The molecule has 4 N–H and O–H groups in total. The molecule has 0 fully saturated rings. The standard InChI is InChI=1S/C10H18N4O3S/c1-8(2)17-6-5-13-18(15,16)10-7-12-4-3-9(10)14-11/h3-4,7-8,13H,5-6,11H2,1-2H3,(H,12,14). The van der Waals surface area contributed by atoms with Gasteiger partial charge in [-0.2, -0.15) is 0 Å². The van der Waals surface area contributed by atoms with Crippen molar-refractivity contribution in [1.82, 2.24) is 9.71 Å². The molecule has 0 aliphatic carbocycles. The Morgan fingerprint density at radius 3 is 2.83 bits per heavy atom. The fourth-order valence-corrected chi connectivity index (χ4v) is 2.39. The van der Waals surface area contributed by atoms with Crippen LogP contribution in [-0.4, -0.2) is 32.7 Å². The lowest BCUT2D eigenvalue weighted by Gasteiger charge is -2.11. The highest BCUT2D eigenvalue weighted by molar-refractivity contribution is 7.89. The van der Waals surface area contributed by atoms with Crippen molar-refractivity contribution in [3.63, 3.8) is 0 Å². The summed E-state index contributed by atoms with van der Waals surface area (Å²) in [6.07, 6.45) is 2.76. The number of rotatable bonds is 7. The molecule has 0 atom stereocenters. The maximum absolute atomic E-state index is 12.0. The van der Waals surface area contributed by atoms with E-state index in [0.717, 1.165) is 0 Å². The predicted octanol–water partition coefficient (Wildman–Crippen LogP) is 0.0705. The monoisotopic (exact) mass is 274 g/mol. The molecule has 0 amide bonds. The van der Waals surface area contributed by atoms with Crippen LogP contribution < -0.4 is 16.0 Å². The molecule has 0 spiro atoms. The summed E-state index contributed by atoms with van der Waals surface area (Å²) >= 11 is 0. The van der Waals surface area contributed by atoms with Gasteiger partial charge in [-0.3, -0.25) is 10.8 Å². The summed E-state index contributed by atoms with van der Waals surface area (Å²) in [5, 5.41) is 0. The van der Waals surface area contributed by atoms with E-state index in [0.29, 0.717) is 12.3 Å². The highest BCUT2D eigenvalue weighted by Crippen LogP contribution is 2.17. The molecular weight excluding hydrogens is 256 g/mol. The minimum atomic E-state index is -3.64. The van der Waals surface area contributed by atoms with E-state index >= 15 is 0 Å². The number of nitrogens with zero attached hydrogens (tertiary/aromatic N) is 1. The first-order valence-corrected chi connectivity index (χ1v) is 6.97. The van der Waals surface area contributed by atoms with Crippen LogP contribution in [0.4, 0.5) is 5.69 Å². The normalized spacial score (nSPS) is 11.8. The number of sulfonamides is 1. The van der Waals surface area contributed by atoms with Crippen LogP contribution in [0.2, 0.25) is 0 Å². The number of nitrogen functional groups attached to an aromatic ring is 1. The van der Waals surface area contributed by atoms with Gasteiger partial charge in [0.05, 0.1) is 18.4 Å². The second kappa shape index (κ2) is 6.64. The van der Waals surface area contributed by atoms with Gasteiger partial charge in [0.2, 0.25) is 10.0 Å². The minimum absolute atomic E-state index is 0.0112. The van der Waals surface area contributed by atoms with Gasteiger partial charge in [-0.1, -0.05) is 0 Å². The Labute approximate surface area is 107 Å². The zero-order chi connectivity index (χ0) is 13.6. The Kier molecular flexibility index (Phi) is 5.48. The lowest BCUT2D eigenvalue weighted by molar-refractivity contribution is 0.0834. The number of hydrazine groups is 1. The number of nitrogens with one attached hydrogen (secondary N) is 2. The molecule has 1 aromatic rings. The van der Waals surface area contributed by atoms with Crippen molar-refractivity contribution in [2.24, 2.45) is 5.84 Å². The molecular formula is C10H18N4O3S. The van der Waals surface area contributed by atoms with Crippen molar-refractivity contribution < 1.29 is 13.2 Å². The van der Waals surface area contributed by atoms with E-state index in [1.807, 2.05) is 13.8 Å². The van der Waals surface area contributed by atoms with Crippen LogP contribution in [0.5, 0.6) is 0 Å². The Morgan fingerprint density at radius 2 is 2.22 bits per heavy atom. The quantitative estimate of drug-likeness (QED) is 0.369. The Balaban J connectivity index is 2.68. The second-order valence-corrected chi connectivity index (χ2v) is 5.57. The summed E-state index contributed by atoms with van der Waals surface area (Å²) in [7, 11) is -3.64. The molecule has 0 aromatic carbocycles. The van der Waals surface area contributed by atoms with Crippen molar-refractivity contribution in [1.29, 1.82) is 0 Å². The summed E-state index contributed by atoms with van der Waals surface area (Å²) in [6.45, 7) is 4.26. The molecule has 0 saturated carbocycles. The maximum Gasteiger partial charge on any atom is 0.244 e. The average Bonchev–Trinajstić information content (AvgIpc) is 2.34. The minimum Gasteiger partial charge on any atom is -0.377 e. The van der Waals surface area contributed by atoms with Gasteiger partial charge in [0.15, 0.2) is 0 Å². The zero-order valence-corrected chi connectivity index (χ0v) is 11.2. The van der Waals surface area contributed by atoms with Crippen LogP contribution in [0.15, 0.2) is 23.4 Å². The Hall–Kier alpha value is -1.22. The van der Waals surface area contributed by atoms with E-state index in [1.54, 1.807) is 0 Å². The first-order valence-electron chi connectivity index (χ1n) is 5.49. The van der Waals surface area contributed by atoms with Gasteiger partial charge in [0.1, 0.15) is 4.90 Å². The summed E-state index contributed by atoms with van der Waals surface area (Å²) in [5.74, 6) is 5.25. The molecule has 1 rings (SSSR count). The molecule has 0 unspecified atom stereocenters. The highest BCUT2D eigenvalue weighted by atomic mass is 32.2. The van der Waals surface area contributed by atoms with Crippen LogP contribution in [0.25, 0.3) is 0 Å². The molecule has 18 heavy (non-hydrogen) atoms. The molecule has 0 radical (unpaired) electrons. The van der Waals surface area contributed by atoms with Crippen LogP contribution in [0, 0.1) is 0 Å². The molecule has 1 aromatic heterocycles. The molecule has 0 aliphatic rings. The molecule has 8 heteroatoms. The SMILES string of the molecule is CC(C)OCCNS(=O)(=O)c1cnccc1NN. The van der Waals surface area contributed by atoms with E-state index in [2.05, 4.69) is 15.1 Å².